The predicted molar refractivity (Wildman–Crippen MR) is 74.1 cm³/mol. The summed E-state index contributed by atoms with van der Waals surface area (Å²) < 4.78 is 1.29. The Labute approximate surface area is 105 Å². The van der Waals surface area contributed by atoms with Crippen molar-refractivity contribution in [2.45, 2.75) is 13.3 Å². The molecule has 2 heterocycles. The first-order valence-electron chi connectivity index (χ1n) is 6.16. The fraction of sp³-hybridized carbons (Fsp3) is 0.462. The Bertz CT molecular complexity index is 512. The molecule has 1 aliphatic heterocycles. The van der Waals surface area contributed by atoms with Crippen molar-refractivity contribution in [2.75, 3.05) is 31.1 Å². The van der Waals surface area contributed by atoms with Gasteiger partial charge in [-0.05, 0) is 37.6 Å². The second-order valence-corrected chi connectivity index (χ2v) is 5.57. The Balaban J connectivity index is 1.93. The summed E-state index contributed by atoms with van der Waals surface area (Å²) in [6.07, 6.45) is 1.20. The average molecular weight is 247 g/mol. The Kier molecular flexibility index (Phi) is 2.99. The summed E-state index contributed by atoms with van der Waals surface area (Å²) in [5, 5.41) is 4.60. The van der Waals surface area contributed by atoms with Crippen molar-refractivity contribution in [2.24, 2.45) is 0 Å². The Hall–Kier alpha value is -1.13. The topological polar surface area (TPSA) is 28.2 Å². The maximum absolute atomic E-state index is 4.76. The minimum Gasteiger partial charge on any atom is -0.347 e. The number of rotatable bonds is 1. The summed E-state index contributed by atoms with van der Waals surface area (Å²) in [6.45, 7) is 6.49. The van der Waals surface area contributed by atoms with Gasteiger partial charge in [0.1, 0.15) is 0 Å². The molecule has 17 heavy (non-hydrogen) atoms. The van der Waals surface area contributed by atoms with Crippen molar-refractivity contribution in [1.29, 1.82) is 0 Å². The third-order valence-corrected chi connectivity index (χ3v) is 4.24. The largest absolute Gasteiger partial charge is 0.347 e. The summed E-state index contributed by atoms with van der Waals surface area (Å²) in [4.78, 5) is 7.16. The molecular weight excluding hydrogens is 230 g/mol. The van der Waals surface area contributed by atoms with Crippen LogP contribution in [0.25, 0.3) is 10.2 Å². The summed E-state index contributed by atoms with van der Waals surface area (Å²) in [6, 6.07) is 6.52. The number of thiazole rings is 1. The van der Waals surface area contributed by atoms with E-state index in [1.165, 1.54) is 21.8 Å². The van der Waals surface area contributed by atoms with E-state index in [9.17, 15) is 0 Å². The molecule has 1 saturated heterocycles. The van der Waals surface area contributed by atoms with Gasteiger partial charge in [-0.25, -0.2) is 4.98 Å². The highest BCUT2D eigenvalue weighted by Crippen LogP contribution is 2.29. The highest BCUT2D eigenvalue weighted by atomic mass is 32.1. The van der Waals surface area contributed by atoms with Crippen molar-refractivity contribution in [1.82, 2.24) is 10.3 Å². The van der Waals surface area contributed by atoms with Crippen LogP contribution in [0.2, 0.25) is 0 Å². The molecule has 4 heteroatoms. The number of nitrogens with one attached hydrogen (secondary N) is 1. The van der Waals surface area contributed by atoms with E-state index in [1.807, 2.05) is 11.3 Å². The van der Waals surface area contributed by atoms with Crippen molar-refractivity contribution >= 4 is 26.7 Å². The van der Waals surface area contributed by atoms with Gasteiger partial charge in [-0.1, -0.05) is 17.4 Å². The number of hydrogen-bond acceptors (Lipinski definition) is 4. The number of anilines is 1. The molecule has 0 spiro atoms. The van der Waals surface area contributed by atoms with E-state index in [-0.39, 0.29) is 0 Å². The lowest BCUT2D eigenvalue weighted by atomic mass is 10.2. The zero-order valence-electron chi connectivity index (χ0n) is 10.1. The van der Waals surface area contributed by atoms with Crippen LogP contribution in [0.4, 0.5) is 5.13 Å². The van der Waals surface area contributed by atoms with Crippen molar-refractivity contribution in [3.05, 3.63) is 23.8 Å². The third-order valence-electron chi connectivity index (χ3n) is 3.14. The van der Waals surface area contributed by atoms with Gasteiger partial charge in [-0.3, -0.25) is 0 Å². The molecule has 2 aromatic rings. The van der Waals surface area contributed by atoms with Gasteiger partial charge < -0.3 is 10.2 Å². The van der Waals surface area contributed by atoms with Gasteiger partial charge in [0.2, 0.25) is 0 Å². The smallest absolute Gasteiger partial charge is 0.186 e. The first-order valence-corrected chi connectivity index (χ1v) is 6.97. The molecule has 0 aliphatic carbocycles. The molecule has 3 rings (SSSR count). The molecule has 0 atom stereocenters. The highest BCUT2D eigenvalue weighted by Gasteiger charge is 2.13. The van der Waals surface area contributed by atoms with Crippen molar-refractivity contribution < 1.29 is 0 Å². The first kappa shape index (κ1) is 11.0. The number of benzene rings is 1. The molecular formula is C13H17N3S. The third kappa shape index (κ3) is 2.28. The molecule has 0 amide bonds. The number of hydrogen-bond donors (Lipinski definition) is 1. The van der Waals surface area contributed by atoms with Gasteiger partial charge in [-0.2, -0.15) is 0 Å². The summed E-state index contributed by atoms with van der Waals surface area (Å²) in [5.41, 5.74) is 2.43. The van der Waals surface area contributed by atoms with Crippen LogP contribution in [0.5, 0.6) is 0 Å². The second kappa shape index (κ2) is 4.63. The van der Waals surface area contributed by atoms with Crippen molar-refractivity contribution in [3.8, 4) is 0 Å². The van der Waals surface area contributed by atoms with Crippen molar-refractivity contribution in [3.63, 3.8) is 0 Å². The van der Waals surface area contributed by atoms with Gasteiger partial charge in [0, 0.05) is 19.6 Å². The van der Waals surface area contributed by atoms with Crippen LogP contribution in [0.3, 0.4) is 0 Å². The van der Waals surface area contributed by atoms with E-state index in [4.69, 9.17) is 4.98 Å². The first-order chi connectivity index (χ1) is 8.33. The standard InChI is InChI=1S/C13H17N3S/c1-10-3-4-12-11(9-10)15-13(17-12)16-7-2-5-14-6-8-16/h3-4,9,14H,2,5-8H2,1H3. The fourth-order valence-electron chi connectivity index (χ4n) is 2.20. The zero-order chi connectivity index (χ0) is 11.7. The van der Waals surface area contributed by atoms with Gasteiger partial charge in [0.25, 0.3) is 0 Å². The Morgan fingerprint density at radius 2 is 2.24 bits per heavy atom. The zero-order valence-corrected chi connectivity index (χ0v) is 10.9. The second-order valence-electron chi connectivity index (χ2n) is 4.56. The molecule has 1 N–H and O–H groups in total. The lowest BCUT2D eigenvalue weighted by Crippen LogP contribution is -2.27. The average Bonchev–Trinajstić information content (AvgIpc) is 2.57. The van der Waals surface area contributed by atoms with Crippen LogP contribution >= 0.6 is 11.3 Å². The molecule has 0 radical (unpaired) electrons. The van der Waals surface area contributed by atoms with E-state index >= 15 is 0 Å². The van der Waals surface area contributed by atoms with Crippen LogP contribution in [0.1, 0.15) is 12.0 Å². The van der Waals surface area contributed by atoms with Crippen LogP contribution in [-0.4, -0.2) is 31.2 Å². The predicted octanol–water partition coefficient (Wildman–Crippen LogP) is 2.40. The van der Waals surface area contributed by atoms with Crippen LogP contribution < -0.4 is 10.2 Å². The lowest BCUT2D eigenvalue weighted by molar-refractivity contribution is 0.724. The quantitative estimate of drug-likeness (QED) is 0.839. The molecule has 3 nitrogen and oxygen atoms in total. The molecule has 1 aliphatic rings. The van der Waals surface area contributed by atoms with E-state index in [1.54, 1.807) is 0 Å². The molecule has 0 saturated carbocycles. The van der Waals surface area contributed by atoms with E-state index in [0.29, 0.717) is 0 Å². The van der Waals surface area contributed by atoms with Gasteiger partial charge in [0.05, 0.1) is 10.2 Å². The lowest BCUT2D eigenvalue weighted by Gasteiger charge is -2.17. The Morgan fingerprint density at radius 3 is 3.18 bits per heavy atom. The monoisotopic (exact) mass is 247 g/mol. The SMILES string of the molecule is Cc1ccc2sc(N3CCCNCC3)nc2c1. The van der Waals surface area contributed by atoms with Gasteiger partial charge in [-0.15, -0.1) is 0 Å². The van der Waals surface area contributed by atoms with Crippen LogP contribution in [-0.2, 0) is 0 Å². The number of aryl methyl sites for hydroxylation is 1. The minimum atomic E-state index is 1.06. The molecule has 0 unspecified atom stereocenters. The maximum Gasteiger partial charge on any atom is 0.186 e. The van der Waals surface area contributed by atoms with E-state index in [2.05, 4.69) is 35.3 Å². The summed E-state index contributed by atoms with van der Waals surface area (Å²) in [7, 11) is 0. The normalized spacial score (nSPS) is 17.4. The minimum absolute atomic E-state index is 1.06. The molecule has 1 aromatic heterocycles. The molecule has 1 aromatic carbocycles. The number of aromatic nitrogens is 1. The number of fused-ring (bicyclic) bond motifs is 1. The van der Waals surface area contributed by atoms with Gasteiger partial charge in [0.15, 0.2) is 5.13 Å². The Morgan fingerprint density at radius 1 is 1.29 bits per heavy atom. The van der Waals surface area contributed by atoms with E-state index < -0.39 is 0 Å². The molecule has 0 bridgehead atoms. The fourth-order valence-corrected chi connectivity index (χ4v) is 3.20. The summed E-state index contributed by atoms with van der Waals surface area (Å²) in [5.74, 6) is 0. The molecule has 90 valence electrons. The van der Waals surface area contributed by atoms with Gasteiger partial charge >= 0.3 is 0 Å². The highest BCUT2D eigenvalue weighted by molar-refractivity contribution is 7.22. The number of nitrogens with zero attached hydrogens (tertiary/aromatic N) is 2. The maximum atomic E-state index is 4.76. The van der Waals surface area contributed by atoms with Crippen LogP contribution in [0, 0.1) is 6.92 Å². The molecule has 1 fully saturated rings. The van der Waals surface area contributed by atoms with Crippen LogP contribution in [0.15, 0.2) is 18.2 Å². The summed E-state index contributed by atoms with van der Waals surface area (Å²) >= 11 is 1.81. The van der Waals surface area contributed by atoms with E-state index in [0.717, 1.165) is 31.7 Å².